The zero-order valence-electron chi connectivity index (χ0n) is 22.4. The van der Waals surface area contributed by atoms with Crippen molar-refractivity contribution in [3.8, 4) is 0 Å². The molecule has 0 heterocycles. The minimum atomic E-state index is -3.12. The van der Waals surface area contributed by atoms with E-state index in [0.717, 1.165) is 25.7 Å². The number of hydrogen-bond donors (Lipinski definition) is 0. The van der Waals surface area contributed by atoms with E-state index in [1.165, 1.54) is 63.0 Å². The first kappa shape index (κ1) is 33.8. The van der Waals surface area contributed by atoms with Gasteiger partial charge in [-0.25, -0.2) is 0 Å². The third kappa shape index (κ3) is 20.0. The average molecular weight is 523 g/mol. The fourth-order valence-electron chi connectivity index (χ4n) is 3.15. The maximum absolute atomic E-state index is 12.3. The van der Waals surface area contributed by atoms with Gasteiger partial charge in [-0.15, -0.1) is 0 Å². The molecule has 0 fully saturated rings. The summed E-state index contributed by atoms with van der Waals surface area (Å²) in [5, 5.41) is 0. The predicted octanol–water partition coefficient (Wildman–Crippen LogP) is 9.72. The minimum absolute atomic E-state index is 0.315. The lowest BCUT2D eigenvalue weighted by molar-refractivity contribution is 0.191. The highest BCUT2D eigenvalue weighted by atomic mass is 31.2. The van der Waals surface area contributed by atoms with Crippen molar-refractivity contribution in [3.05, 3.63) is 24.8 Å². The standard InChI is InChI=1S/C26H52O6P2/c1-7-33(27,31-23-25(3)4)29-21-19-17-15-13-11-9-10-12-14-16-18-20-22-30-34(28,8-2)32-24-26(5)6/h7-8,25-26H,1-2,9-24H2,3-6H3. The molecule has 2 atom stereocenters. The van der Waals surface area contributed by atoms with E-state index < -0.39 is 15.2 Å². The summed E-state index contributed by atoms with van der Waals surface area (Å²) >= 11 is 0. The fourth-order valence-corrected chi connectivity index (χ4v) is 5.50. The molecule has 0 aromatic carbocycles. The van der Waals surface area contributed by atoms with Gasteiger partial charge in [0.25, 0.3) is 0 Å². The van der Waals surface area contributed by atoms with Gasteiger partial charge in [0.15, 0.2) is 0 Å². The zero-order chi connectivity index (χ0) is 25.7. The molecule has 0 radical (unpaired) electrons. The Morgan fingerprint density at radius 2 is 0.794 bits per heavy atom. The second-order valence-electron chi connectivity index (χ2n) is 9.73. The molecule has 0 aliphatic carbocycles. The van der Waals surface area contributed by atoms with Crippen molar-refractivity contribution in [2.75, 3.05) is 26.4 Å². The van der Waals surface area contributed by atoms with Crippen molar-refractivity contribution >= 4 is 15.2 Å². The van der Waals surface area contributed by atoms with E-state index in [1.807, 2.05) is 27.7 Å². The normalized spacial score (nSPS) is 15.4. The molecule has 0 aliphatic rings. The van der Waals surface area contributed by atoms with Gasteiger partial charge in [0.1, 0.15) is 0 Å². The van der Waals surface area contributed by atoms with Crippen molar-refractivity contribution < 1.29 is 27.2 Å². The fraction of sp³-hybridized carbons (Fsp3) is 0.846. The molecule has 0 saturated heterocycles. The Balaban J connectivity index is 3.50. The second-order valence-corrected chi connectivity index (χ2v) is 13.7. The third-order valence-corrected chi connectivity index (χ3v) is 8.20. The topological polar surface area (TPSA) is 71.1 Å². The van der Waals surface area contributed by atoms with Gasteiger partial charge in [0.05, 0.1) is 26.4 Å². The van der Waals surface area contributed by atoms with Gasteiger partial charge in [0, 0.05) is 11.6 Å². The summed E-state index contributed by atoms with van der Waals surface area (Å²) in [5.74, 6) is 3.26. The predicted molar refractivity (Wildman–Crippen MR) is 144 cm³/mol. The van der Waals surface area contributed by atoms with Crippen LogP contribution in [0.4, 0.5) is 0 Å². The molecule has 0 amide bonds. The Morgan fingerprint density at radius 1 is 0.529 bits per heavy atom. The van der Waals surface area contributed by atoms with E-state index in [2.05, 4.69) is 13.2 Å². The summed E-state index contributed by atoms with van der Waals surface area (Å²) in [6.45, 7) is 17.0. The van der Waals surface area contributed by atoms with Crippen LogP contribution in [-0.2, 0) is 27.2 Å². The summed E-state index contributed by atoms with van der Waals surface area (Å²) < 4.78 is 46.3. The number of rotatable bonds is 25. The average Bonchev–Trinajstić information content (AvgIpc) is 2.81. The first-order chi connectivity index (χ1) is 16.2. The van der Waals surface area contributed by atoms with Crippen molar-refractivity contribution in [3.63, 3.8) is 0 Å². The molecule has 8 heteroatoms. The molecule has 0 N–H and O–H groups in total. The minimum Gasteiger partial charge on any atom is -0.306 e. The smallest absolute Gasteiger partial charge is 0.306 e. The van der Waals surface area contributed by atoms with Crippen molar-refractivity contribution in [2.45, 2.75) is 105 Å². The zero-order valence-corrected chi connectivity index (χ0v) is 24.2. The van der Waals surface area contributed by atoms with Crippen LogP contribution in [0, 0.1) is 11.8 Å². The molecule has 0 aromatic heterocycles. The summed E-state index contributed by atoms with van der Waals surface area (Å²) in [4.78, 5) is 0. The summed E-state index contributed by atoms with van der Waals surface area (Å²) in [7, 11) is -6.24. The van der Waals surface area contributed by atoms with Crippen LogP contribution in [-0.4, -0.2) is 26.4 Å². The number of hydrogen-bond acceptors (Lipinski definition) is 6. The van der Waals surface area contributed by atoms with E-state index in [-0.39, 0.29) is 0 Å². The molecular weight excluding hydrogens is 470 g/mol. The monoisotopic (exact) mass is 522 g/mol. The van der Waals surface area contributed by atoms with Gasteiger partial charge in [-0.1, -0.05) is 105 Å². The van der Waals surface area contributed by atoms with E-state index in [9.17, 15) is 9.13 Å². The van der Waals surface area contributed by atoms with Crippen LogP contribution in [0.1, 0.15) is 105 Å². The van der Waals surface area contributed by atoms with Gasteiger partial charge >= 0.3 is 15.2 Å². The second kappa shape index (κ2) is 20.9. The molecule has 0 saturated carbocycles. The molecular formula is C26H52O6P2. The van der Waals surface area contributed by atoms with Gasteiger partial charge in [-0.2, -0.15) is 0 Å². The van der Waals surface area contributed by atoms with Crippen LogP contribution in [0.25, 0.3) is 0 Å². The van der Waals surface area contributed by atoms with Crippen LogP contribution in [0.3, 0.4) is 0 Å². The molecule has 202 valence electrons. The largest absolute Gasteiger partial charge is 0.353 e. The Labute approximate surface area is 210 Å². The Bertz CT molecular complexity index is 554. The molecule has 0 bridgehead atoms. The third-order valence-electron chi connectivity index (χ3n) is 5.20. The van der Waals surface area contributed by atoms with E-state index in [4.69, 9.17) is 18.1 Å². The highest BCUT2D eigenvalue weighted by Gasteiger charge is 2.20. The summed E-state index contributed by atoms with van der Waals surface area (Å²) in [5.41, 5.74) is 0. The van der Waals surface area contributed by atoms with Gasteiger partial charge in [-0.05, 0) is 24.7 Å². The Kier molecular flexibility index (Phi) is 20.8. The van der Waals surface area contributed by atoms with E-state index >= 15 is 0 Å². The molecule has 0 rings (SSSR count). The lowest BCUT2D eigenvalue weighted by Gasteiger charge is -2.16. The first-order valence-electron chi connectivity index (χ1n) is 13.2. The van der Waals surface area contributed by atoms with Crippen molar-refractivity contribution in [1.29, 1.82) is 0 Å². The lowest BCUT2D eigenvalue weighted by atomic mass is 10.1. The van der Waals surface area contributed by atoms with Crippen LogP contribution in [0.5, 0.6) is 0 Å². The summed E-state index contributed by atoms with van der Waals surface area (Å²) in [6.07, 6.45) is 13.9. The highest BCUT2D eigenvalue weighted by molar-refractivity contribution is 7.57. The van der Waals surface area contributed by atoms with Crippen LogP contribution in [0.15, 0.2) is 24.8 Å². The molecule has 0 aromatic rings. The molecule has 0 aliphatic heterocycles. The van der Waals surface area contributed by atoms with Crippen LogP contribution >= 0.6 is 15.2 Å². The van der Waals surface area contributed by atoms with E-state index in [0.29, 0.717) is 38.3 Å². The van der Waals surface area contributed by atoms with Crippen molar-refractivity contribution in [2.24, 2.45) is 11.8 Å². The summed E-state index contributed by atoms with van der Waals surface area (Å²) in [6, 6.07) is 0. The van der Waals surface area contributed by atoms with Gasteiger partial charge in [0.2, 0.25) is 0 Å². The Morgan fingerprint density at radius 3 is 1.03 bits per heavy atom. The van der Waals surface area contributed by atoms with Gasteiger partial charge < -0.3 is 18.1 Å². The van der Waals surface area contributed by atoms with Crippen LogP contribution < -0.4 is 0 Å². The quantitative estimate of drug-likeness (QED) is 0.0878. The Hall–Kier alpha value is -0.220. The maximum Gasteiger partial charge on any atom is 0.353 e. The highest BCUT2D eigenvalue weighted by Crippen LogP contribution is 2.50. The molecule has 6 nitrogen and oxygen atoms in total. The van der Waals surface area contributed by atoms with Crippen LogP contribution in [0.2, 0.25) is 0 Å². The molecule has 34 heavy (non-hydrogen) atoms. The van der Waals surface area contributed by atoms with Crippen molar-refractivity contribution in [1.82, 2.24) is 0 Å². The lowest BCUT2D eigenvalue weighted by Crippen LogP contribution is -2.02. The SMILES string of the molecule is C=CP(=O)(OCCCCCCCCCCCCCCOP(=O)(C=C)OCC(C)C)OCC(C)C. The molecule has 0 spiro atoms. The molecule has 2 unspecified atom stereocenters. The van der Waals surface area contributed by atoms with E-state index in [1.54, 1.807) is 0 Å². The number of unbranched alkanes of at least 4 members (excludes halogenated alkanes) is 11. The van der Waals surface area contributed by atoms with Gasteiger partial charge in [-0.3, -0.25) is 9.13 Å². The maximum atomic E-state index is 12.3. The first-order valence-corrected chi connectivity index (χ1v) is 16.4.